The summed E-state index contributed by atoms with van der Waals surface area (Å²) in [6.07, 6.45) is 0.786. The average molecular weight is 316 g/mol. The summed E-state index contributed by atoms with van der Waals surface area (Å²) < 4.78 is 16.7. The summed E-state index contributed by atoms with van der Waals surface area (Å²) in [6, 6.07) is 0.376. The smallest absolute Gasteiger partial charge is 0.109 e. The van der Waals surface area contributed by atoms with Crippen molar-refractivity contribution >= 4 is 0 Å². The van der Waals surface area contributed by atoms with Crippen LogP contribution in [0.4, 0.5) is 0 Å². The Balaban J connectivity index is 1.58. The van der Waals surface area contributed by atoms with E-state index in [4.69, 9.17) is 14.2 Å². The van der Waals surface area contributed by atoms with Crippen LogP contribution in [0, 0.1) is 0 Å². The maximum atomic E-state index is 10.5. The second-order valence-corrected chi connectivity index (χ2v) is 6.32. The summed E-state index contributed by atoms with van der Waals surface area (Å²) >= 11 is 0. The fourth-order valence-electron chi connectivity index (χ4n) is 3.66. The van der Waals surface area contributed by atoms with Crippen molar-refractivity contribution in [2.45, 2.75) is 43.2 Å². The van der Waals surface area contributed by atoms with Crippen LogP contribution in [0.15, 0.2) is 0 Å². The first-order valence-electron chi connectivity index (χ1n) is 8.37. The summed E-state index contributed by atoms with van der Waals surface area (Å²) in [4.78, 5) is 2.24. The fourth-order valence-corrected chi connectivity index (χ4v) is 3.66. The second kappa shape index (κ2) is 8.01. The van der Waals surface area contributed by atoms with Crippen molar-refractivity contribution in [2.24, 2.45) is 0 Å². The van der Waals surface area contributed by atoms with Gasteiger partial charge in [-0.25, -0.2) is 0 Å². The van der Waals surface area contributed by atoms with Crippen LogP contribution in [-0.2, 0) is 14.2 Å². The number of nitrogens with one attached hydrogen (secondary N) is 1. The third-order valence-corrected chi connectivity index (χ3v) is 4.94. The molecule has 3 saturated heterocycles. The topological polar surface area (TPSA) is 83.4 Å². The number of hydrogen-bond acceptors (Lipinski definition) is 7. The van der Waals surface area contributed by atoms with Gasteiger partial charge in [0.2, 0.25) is 0 Å². The molecule has 4 atom stereocenters. The maximum Gasteiger partial charge on any atom is 0.109 e. The van der Waals surface area contributed by atoms with Crippen molar-refractivity contribution in [3.05, 3.63) is 0 Å². The summed E-state index contributed by atoms with van der Waals surface area (Å²) in [7, 11) is 0. The Morgan fingerprint density at radius 3 is 2.36 bits per heavy atom. The van der Waals surface area contributed by atoms with E-state index in [1.54, 1.807) is 0 Å². The summed E-state index contributed by atoms with van der Waals surface area (Å²) in [5.74, 6) is 0. The van der Waals surface area contributed by atoms with Gasteiger partial charge in [0.1, 0.15) is 12.2 Å². The molecule has 3 heterocycles. The quantitative estimate of drug-likeness (QED) is 0.574. The molecule has 4 unspecified atom stereocenters. The van der Waals surface area contributed by atoms with Crippen LogP contribution in [0.2, 0.25) is 0 Å². The monoisotopic (exact) mass is 316 g/mol. The van der Waals surface area contributed by atoms with Gasteiger partial charge in [-0.3, -0.25) is 4.90 Å². The molecule has 0 spiro atoms. The van der Waals surface area contributed by atoms with E-state index in [9.17, 15) is 10.2 Å². The largest absolute Gasteiger partial charge is 0.394 e. The van der Waals surface area contributed by atoms with Crippen molar-refractivity contribution < 1.29 is 24.4 Å². The Labute approximate surface area is 131 Å². The highest BCUT2D eigenvalue weighted by atomic mass is 16.5. The first-order valence-corrected chi connectivity index (χ1v) is 8.37. The van der Waals surface area contributed by atoms with Gasteiger partial charge in [-0.1, -0.05) is 0 Å². The van der Waals surface area contributed by atoms with E-state index in [2.05, 4.69) is 10.2 Å². The third kappa shape index (κ3) is 3.79. The van der Waals surface area contributed by atoms with Crippen LogP contribution in [0.3, 0.4) is 0 Å². The SMILES string of the molecule is OCC1OC(CNC2CCOCC2)C(N2CCOCC2)C1O. The molecule has 0 bridgehead atoms. The second-order valence-electron chi connectivity index (χ2n) is 6.32. The van der Waals surface area contributed by atoms with Crippen LogP contribution < -0.4 is 5.32 Å². The van der Waals surface area contributed by atoms with Crippen molar-refractivity contribution in [1.82, 2.24) is 10.2 Å². The molecule has 3 aliphatic heterocycles. The number of nitrogens with zero attached hydrogens (tertiary/aromatic N) is 1. The molecule has 3 rings (SSSR count). The molecule has 0 aliphatic carbocycles. The van der Waals surface area contributed by atoms with Gasteiger partial charge in [0.05, 0.1) is 32.0 Å². The third-order valence-electron chi connectivity index (χ3n) is 4.94. The number of morpholine rings is 1. The Kier molecular flexibility index (Phi) is 6.03. The molecule has 3 N–H and O–H groups in total. The van der Waals surface area contributed by atoms with Gasteiger partial charge in [0.15, 0.2) is 0 Å². The first-order chi connectivity index (χ1) is 10.8. The van der Waals surface area contributed by atoms with Gasteiger partial charge in [-0.15, -0.1) is 0 Å². The van der Waals surface area contributed by atoms with E-state index in [0.717, 1.165) is 39.1 Å². The van der Waals surface area contributed by atoms with Crippen LogP contribution in [0.1, 0.15) is 12.8 Å². The lowest BCUT2D eigenvalue weighted by Crippen LogP contribution is -2.55. The minimum Gasteiger partial charge on any atom is -0.394 e. The van der Waals surface area contributed by atoms with Gasteiger partial charge in [-0.2, -0.15) is 0 Å². The summed E-state index contributed by atoms with van der Waals surface area (Å²) in [6.45, 7) is 5.14. The van der Waals surface area contributed by atoms with E-state index in [1.165, 1.54) is 0 Å². The molecule has 0 saturated carbocycles. The van der Waals surface area contributed by atoms with E-state index < -0.39 is 12.2 Å². The van der Waals surface area contributed by atoms with Gasteiger partial charge < -0.3 is 29.7 Å². The predicted molar refractivity (Wildman–Crippen MR) is 79.8 cm³/mol. The number of hydrogen-bond donors (Lipinski definition) is 3. The molecule has 0 aromatic heterocycles. The van der Waals surface area contributed by atoms with Gasteiger partial charge in [0.25, 0.3) is 0 Å². The van der Waals surface area contributed by atoms with E-state index in [1.807, 2.05) is 0 Å². The molecule has 0 radical (unpaired) electrons. The Morgan fingerprint density at radius 1 is 1.00 bits per heavy atom. The minimum atomic E-state index is -0.649. The average Bonchev–Trinajstić information content (AvgIpc) is 2.90. The van der Waals surface area contributed by atoms with Crippen molar-refractivity contribution in [3.8, 4) is 0 Å². The van der Waals surface area contributed by atoms with Crippen LogP contribution in [0.5, 0.6) is 0 Å². The molecule has 0 aromatic carbocycles. The molecular weight excluding hydrogens is 288 g/mol. The molecule has 0 amide bonds. The van der Waals surface area contributed by atoms with Gasteiger partial charge in [-0.05, 0) is 12.8 Å². The first kappa shape index (κ1) is 16.6. The molecular formula is C15H28N2O5. The van der Waals surface area contributed by atoms with E-state index in [-0.39, 0.29) is 18.8 Å². The Bertz CT molecular complexity index is 334. The fraction of sp³-hybridized carbons (Fsp3) is 1.00. The minimum absolute atomic E-state index is 0.0756. The number of ether oxygens (including phenoxy) is 3. The number of aliphatic hydroxyl groups excluding tert-OH is 2. The van der Waals surface area contributed by atoms with E-state index in [0.29, 0.717) is 25.8 Å². The zero-order chi connectivity index (χ0) is 15.4. The predicted octanol–water partition coefficient (Wildman–Crippen LogP) is -1.42. The zero-order valence-electron chi connectivity index (χ0n) is 13.0. The lowest BCUT2D eigenvalue weighted by Gasteiger charge is -2.36. The standard InChI is InChI=1S/C15H28N2O5/c18-10-13-15(19)14(17-3-7-21-8-4-17)12(22-13)9-16-11-1-5-20-6-2-11/h11-16,18-19H,1-10H2. The maximum absolute atomic E-state index is 10.5. The highest BCUT2D eigenvalue weighted by molar-refractivity contribution is 4.98. The van der Waals surface area contributed by atoms with Crippen LogP contribution >= 0.6 is 0 Å². The zero-order valence-corrected chi connectivity index (χ0v) is 13.0. The Morgan fingerprint density at radius 2 is 1.68 bits per heavy atom. The molecule has 0 aromatic rings. The lowest BCUT2D eigenvalue weighted by molar-refractivity contribution is -0.0249. The highest BCUT2D eigenvalue weighted by Crippen LogP contribution is 2.26. The van der Waals surface area contributed by atoms with E-state index >= 15 is 0 Å². The highest BCUT2D eigenvalue weighted by Gasteiger charge is 2.46. The molecule has 3 fully saturated rings. The van der Waals surface area contributed by atoms with Gasteiger partial charge >= 0.3 is 0 Å². The molecule has 3 aliphatic rings. The van der Waals surface area contributed by atoms with Crippen molar-refractivity contribution in [3.63, 3.8) is 0 Å². The lowest BCUT2D eigenvalue weighted by atomic mass is 10.0. The number of rotatable bonds is 5. The summed E-state index contributed by atoms with van der Waals surface area (Å²) in [5.41, 5.74) is 0. The van der Waals surface area contributed by atoms with Crippen LogP contribution in [-0.4, -0.2) is 98.2 Å². The molecule has 128 valence electrons. The van der Waals surface area contributed by atoms with Gasteiger partial charge in [0, 0.05) is 38.9 Å². The molecule has 7 nitrogen and oxygen atoms in total. The van der Waals surface area contributed by atoms with Crippen molar-refractivity contribution in [1.29, 1.82) is 0 Å². The normalized spacial score (nSPS) is 38.5. The summed E-state index contributed by atoms with van der Waals surface area (Å²) in [5, 5.41) is 23.5. The number of aliphatic hydroxyl groups is 2. The molecule has 7 heteroatoms. The molecule has 22 heavy (non-hydrogen) atoms. The Hall–Kier alpha value is -0.280. The van der Waals surface area contributed by atoms with Crippen LogP contribution in [0.25, 0.3) is 0 Å². The van der Waals surface area contributed by atoms with Crippen molar-refractivity contribution in [2.75, 3.05) is 52.7 Å².